The highest BCUT2D eigenvalue weighted by molar-refractivity contribution is 8.01. The van der Waals surface area contributed by atoms with Crippen molar-refractivity contribution >= 4 is 56.5 Å². The van der Waals surface area contributed by atoms with Crippen molar-refractivity contribution in [2.75, 3.05) is 22.1 Å². The first kappa shape index (κ1) is 15.9. The molecular weight excluding hydrogens is 368 g/mol. The summed E-state index contributed by atoms with van der Waals surface area (Å²) in [7, 11) is 0. The van der Waals surface area contributed by atoms with Gasteiger partial charge >= 0.3 is 0 Å². The minimum Gasteiger partial charge on any atom is -0.357 e. The number of rotatable bonds is 10. The zero-order valence-electron chi connectivity index (χ0n) is 12.5. The van der Waals surface area contributed by atoms with Crippen LogP contribution in [0, 0.1) is 0 Å². The molecule has 23 heavy (non-hydrogen) atoms. The molecule has 124 valence electrons. The van der Waals surface area contributed by atoms with Crippen LogP contribution in [0.1, 0.15) is 32.1 Å². The third-order valence-electron chi connectivity index (χ3n) is 3.36. The molecule has 2 saturated carbocycles. The van der Waals surface area contributed by atoms with E-state index in [-0.39, 0.29) is 0 Å². The van der Waals surface area contributed by atoms with Gasteiger partial charge in [0.05, 0.1) is 0 Å². The highest BCUT2D eigenvalue weighted by Crippen LogP contribution is 2.32. The third kappa shape index (κ3) is 5.20. The fourth-order valence-electron chi connectivity index (χ4n) is 1.84. The van der Waals surface area contributed by atoms with Crippen LogP contribution in [0.5, 0.6) is 0 Å². The molecule has 2 aromatic rings. The van der Waals surface area contributed by atoms with Crippen molar-refractivity contribution < 1.29 is 0 Å². The summed E-state index contributed by atoms with van der Waals surface area (Å²) in [6.45, 7) is 0. The van der Waals surface area contributed by atoms with Gasteiger partial charge in [0.1, 0.15) is 0 Å². The number of aromatic nitrogens is 4. The molecule has 0 atom stereocenters. The second kappa shape index (κ2) is 7.54. The molecule has 0 unspecified atom stereocenters. The molecule has 0 bridgehead atoms. The van der Waals surface area contributed by atoms with Crippen LogP contribution < -0.4 is 10.6 Å². The van der Waals surface area contributed by atoms with Crippen molar-refractivity contribution in [2.24, 2.45) is 0 Å². The maximum atomic E-state index is 4.22. The van der Waals surface area contributed by atoms with Gasteiger partial charge in [0.2, 0.25) is 10.3 Å². The third-order valence-corrected chi connectivity index (χ3v) is 7.51. The Morgan fingerprint density at radius 2 is 1.26 bits per heavy atom. The van der Waals surface area contributed by atoms with Crippen molar-refractivity contribution in [2.45, 2.75) is 52.9 Å². The van der Waals surface area contributed by atoms with E-state index >= 15 is 0 Å². The average Bonchev–Trinajstić information content (AvgIpc) is 3.43. The molecule has 0 radical (unpaired) electrons. The van der Waals surface area contributed by atoms with Crippen LogP contribution in [0.3, 0.4) is 0 Å². The van der Waals surface area contributed by atoms with Gasteiger partial charge in [0.25, 0.3) is 0 Å². The van der Waals surface area contributed by atoms with Crippen LogP contribution in [0.2, 0.25) is 0 Å². The van der Waals surface area contributed by atoms with Gasteiger partial charge in [-0.3, -0.25) is 0 Å². The normalized spacial score (nSPS) is 17.4. The second-order valence-electron chi connectivity index (χ2n) is 5.63. The van der Waals surface area contributed by atoms with Crippen LogP contribution >= 0.6 is 46.2 Å². The summed E-state index contributed by atoms with van der Waals surface area (Å²) in [4.78, 5) is 0. The summed E-state index contributed by atoms with van der Waals surface area (Å²) >= 11 is 6.91. The van der Waals surface area contributed by atoms with Gasteiger partial charge in [0.15, 0.2) is 8.68 Å². The first-order valence-corrected chi connectivity index (χ1v) is 11.4. The van der Waals surface area contributed by atoms with E-state index in [4.69, 9.17) is 0 Å². The smallest absolute Gasteiger partial charge is 0.206 e. The lowest BCUT2D eigenvalue weighted by Crippen LogP contribution is -1.99. The van der Waals surface area contributed by atoms with E-state index in [2.05, 4.69) is 31.0 Å². The number of nitrogens with zero attached hydrogens (tertiary/aromatic N) is 4. The predicted molar refractivity (Wildman–Crippen MR) is 99.2 cm³/mol. The molecule has 2 aromatic heterocycles. The number of hydrogen-bond donors (Lipinski definition) is 2. The van der Waals surface area contributed by atoms with E-state index in [1.54, 1.807) is 46.2 Å². The van der Waals surface area contributed by atoms with Crippen molar-refractivity contribution in [3.05, 3.63) is 0 Å². The summed E-state index contributed by atoms with van der Waals surface area (Å²) in [6, 6.07) is 1.28. The predicted octanol–water partition coefficient (Wildman–Crippen LogP) is 3.81. The Bertz CT molecular complexity index is 582. The molecule has 0 spiro atoms. The van der Waals surface area contributed by atoms with Crippen LogP contribution in [0.4, 0.5) is 10.3 Å². The summed E-state index contributed by atoms with van der Waals surface area (Å²) in [6.07, 6.45) is 6.20. The van der Waals surface area contributed by atoms with Crippen molar-refractivity contribution in [1.82, 2.24) is 20.4 Å². The minimum absolute atomic E-state index is 0.642. The molecule has 0 saturated heterocycles. The molecule has 4 rings (SSSR count). The van der Waals surface area contributed by atoms with Gasteiger partial charge in [-0.05, 0) is 32.1 Å². The Balaban J connectivity index is 1.11. The molecule has 6 nitrogen and oxygen atoms in total. The maximum absolute atomic E-state index is 4.22. The Morgan fingerprint density at radius 1 is 0.783 bits per heavy atom. The van der Waals surface area contributed by atoms with Crippen molar-refractivity contribution in [1.29, 1.82) is 0 Å². The fourth-order valence-corrected chi connectivity index (χ4v) is 5.70. The highest BCUT2D eigenvalue weighted by Gasteiger charge is 2.23. The standard InChI is InChI=1S/C13H18N6S4/c1(6-20-12-18-16-10(22-12)14-8-2-3-8)7-21-13-19-17-11(23-13)15-9-4-5-9/h8-9H,1-7H2,(H,14,16)(H,15,17). The van der Waals surface area contributed by atoms with Gasteiger partial charge in [-0.25, -0.2) is 0 Å². The van der Waals surface area contributed by atoms with Crippen molar-refractivity contribution in [3.63, 3.8) is 0 Å². The first-order chi connectivity index (χ1) is 11.3. The molecule has 2 N–H and O–H groups in total. The van der Waals surface area contributed by atoms with Gasteiger partial charge in [-0.1, -0.05) is 46.2 Å². The fraction of sp³-hybridized carbons (Fsp3) is 0.692. The molecular formula is C13H18N6S4. The second-order valence-corrected chi connectivity index (χ2v) is 10.3. The lowest BCUT2D eigenvalue weighted by molar-refractivity contribution is 0.988. The lowest BCUT2D eigenvalue weighted by atomic mass is 10.6. The van der Waals surface area contributed by atoms with E-state index in [0.717, 1.165) is 36.9 Å². The first-order valence-electron chi connectivity index (χ1n) is 7.81. The van der Waals surface area contributed by atoms with Crippen molar-refractivity contribution in [3.8, 4) is 0 Å². The van der Waals surface area contributed by atoms with E-state index in [9.17, 15) is 0 Å². The molecule has 10 heteroatoms. The van der Waals surface area contributed by atoms with Crippen LogP contribution in [-0.2, 0) is 0 Å². The Hall–Kier alpha value is -0.580. The quantitative estimate of drug-likeness (QED) is 0.471. The monoisotopic (exact) mass is 386 g/mol. The summed E-state index contributed by atoms with van der Waals surface area (Å²) in [5.41, 5.74) is 0. The van der Waals surface area contributed by atoms with E-state index < -0.39 is 0 Å². The Labute approximate surface area is 151 Å². The number of anilines is 2. The maximum Gasteiger partial charge on any atom is 0.206 e. The number of nitrogens with one attached hydrogen (secondary N) is 2. The number of thioether (sulfide) groups is 2. The number of hydrogen-bond acceptors (Lipinski definition) is 10. The van der Waals surface area contributed by atoms with Crippen LogP contribution in [-0.4, -0.2) is 44.0 Å². The minimum atomic E-state index is 0.642. The van der Waals surface area contributed by atoms with Crippen LogP contribution in [0.25, 0.3) is 0 Å². The molecule has 2 heterocycles. The van der Waals surface area contributed by atoms with Gasteiger partial charge in [0, 0.05) is 23.6 Å². The molecule has 0 aliphatic heterocycles. The SMILES string of the molecule is C(CSc1nnc(NC2CC2)s1)CSc1nnc(NC2CC2)s1. The molecule has 0 aromatic carbocycles. The molecule has 2 aliphatic rings. The summed E-state index contributed by atoms with van der Waals surface area (Å²) in [5, 5.41) is 25.5. The Morgan fingerprint density at radius 3 is 1.70 bits per heavy atom. The average molecular weight is 387 g/mol. The zero-order chi connectivity index (χ0) is 15.5. The Kier molecular flexibility index (Phi) is 5.22. The zero-order valence-corrected chi connectivity index (χ0v) is 15.8. The molecule has 2 fully saturated rings. The van der Waals surface area contributed by atoms with Gasteiger partial charge < -0.3 is 10.6 Å². The van der Waals surface area contributed by atoms with E-state index in [1.165, 1.54) is 25.7 Å². The van der Waals surface area contributed by atoms with Crippen LogP contribution in [0.15, 0.2) is 8.68 Å². The lowest BCUT2D eigenvalue weighted by Gasteiger charge is -1.97. The summed E-state index contributed by atoms with van der Waals surface area (Å²) < 4.78 is 2.12. The molecule has 2 aliphatic carbocycles. The van der Waals surface area contributed by atoms with E-state index in [0.29, 0.717) is 12.1 Å². The largest absolute Gasteiger partial charge is 0.357 e. The summed E-state index contributed by atoms with van der Waals surface area (Å²) in [5.74, 6) is 2.13. The molecule has 0 amide bonds. The van der Waals surface area contributed by atoms with E-state index in [1.807, 2.05) is 0 Å². The topological polar surface area (TPSA) is 75.6 Å². The van der Waals surface area contributed by atoms with Gasteiger partial charge in [-0.15, -0.1) is 20.4 Å². The highest BCUT2D eigenvalue weighted by atomic mass is 32.2. The van der Waals surface area contributed by atoms with Gasteiger partial charge in [-0.2, -0.15) is 0 Å².